The van der Waals surface area contributed by atoms with E-state index in [1.54, 1.807) is 44.9 Å². The monoisotopic (exact) mass is 276 g/mol. The van der Waals surface area contributed by atoms with Crippen LogP contribution in [0.2, 0.25) is 0 Å². The van der Waals surface area contributed by atoms with Gasteiger partial charge in [0.1, 0.15) is 0 Å². The highest BCUT2D eigenvalue weighted by molar-refractivity contribution is 6.07. The molecule has 0 spiro atoms. The Bertz CT molecular complexity index is 641. The summed E-state index contributed by atoms with van der Waals surface area (Å²) >= 11 is 0. The maximum Gasteiger partial charge on any atom is 0.291 e. The number of amides is 2. The van der Waals surface area contributed by atoms with Crippen LogP contribution >= 0.6 is 0 Å². The SMILES string of the molecule is Cc1c(NC(=O)c2ccco2)c(C(=O)N(C)C)nn1C. The van der Waals surface area contributed by atoms with Crippen LogP contribution in [-0.4, -0.2) is 40.6 Å². The topological polar surface area (TPSA) is 80.4 Å². The predicted octanol–water partition coefficient (Wildman–Crippen LogP) is 1.28. The maximum absolute atomic E-state index is 12.1. The Morgan fingerprint density at radius 2 is 2.10 bits per heavy atom. The molecule has 0 aliphatic carbocycles. The van der Waals surface area contributed by atoms with E-state index in [1.165, 1.54) is 11.2 Å². The van der Waals surface area contributed by atoms with Crippen LogP contribution in [0, 0.1) is 6.92 Å². The van der Waals surface area contributed by atoms with Crippen LogP contribution in [0.5, 0.6) is 0 Å². The first-order valence-corrected chi connectivity index (χ1v) is 6.02. The van der Waals surface area contributed by atoms with E-state index in [1.807, 2.05) is 0 Å². The molecule has 0 fully saturated rings. The molecule has 2 heterocycles. The van der Waals surface area contributed by atoms with Crippen molar-refractivity contribution in [3.05, 3.63) is 35.5 Å². The third kappa shape index (κ3) is 2.42. The molecule has 20 heavy (non-hydrogen) atoms. The van der Waals surface area contributed by atoms with E-state index in [9.17, 15) is 9.59 Å². The second-order valence-electron chi connectivity index (χ2n) is 4.56. The van der Waals surface area contributed by atoms with Crippen LogP contribution in [0.3, 0.4) is 0 Å². The Labute approximate surface area is 116 Å². The molecule has 2 aromatic heterocycles. The minimum absolute atomic E-state index is 0.177. The number of nitrogens with one attached hydrogen (secondary N) is 1. The highest BCUT2D eigenvalue weighted by Crippen LogP contribution is 2.21. The molecule has 2 amide bonds. The fraction of sp³-hybridized carbons (Fsp3) is 0.308. The number of hydrogen-bond acceptors (Lipinski definition) is 4. The van der Waals surface area contributed by atoms with E-state index in [-0.39, 0.29) is 17.4 Å². The largest absolute Gasteiger partial charge is 0.459 e. The molecule has 0 saturated carbocycles. The van der Waals surface area contributed by atoms with E-state index < -0.39 is 5.91 Å². The van der Waals surface area contributed by atoms with Crippen molar-refractivity contribution in [2.45, 2.75) is 6.92 Å². The molecule has 0 aliphatic rings. The third-order valence-corrected chi connectivity index (χ3v) is 2.93. The van der Waals surface area contributed by atoms with Crippen molar-refractivity contribution < 1.29 is 14.0 Å². The van der Waals surface area contributed by atoms with Gasteiger partial charge in [0.2, 0.25) is 0 Å². The molecule has 7 nitrogen and oxygen atoms in total. The van der Waals surface area contributed by atoms with Gasteiger partial charge < -0.3 is 14.6 Å². The lowest BCUT2D eigenvalue weighted by Gasteiger charge is -2.10. The Morgan fingerprint density at radius 1 is 1.40 bits per heavy atom. The highest BCUT2D eigenvalue weighted by atomic mass is 16.3. The zero-order valence-electron chi connectivity index (χ0n) is 11.8. The van der Waals surface area contributed by atoms with E-state index in [0.29, 0.717) is 11.4 Å². The molecule has 0 atom stereocenters. The maximum atomic E-state index is 12.1. The van der Waals surface area contributed by atoms with Gasteiger partial charge in [-0.3, -0.25) is 14.3 Å². The number of aromatic nitrogens is 2. The molecule has 0 unspecified atom stereocenters. The summed E-state index contributed by atoms with van der Waals surface area (Å²) in [6.07, 6.45) is 1.41. The second-order valence-corrected chi connectivity index (χ2v) is 4.56. The number of furan rings is 1. The van der Waals surface area contributed by atoms with Crippen LogP contribution < -0.4 is 5.32 Å². The Balaban J connectivity index is 2.36. The van der Waals surface area contributed by atoms with Crippen molar-refractivity contribution in [1.29, 1.82) is 0 Å². The van der Waals surface area contributed by atoms with Crippen LogP contribution in [0.4, 0.5) is 5.69 Å². The van der Waals surface area contributed by atoms with Crippen molar-refractivity contribution in [1.82, 2.24) is 14.7 Å². The van der Waals surface area contributed by atoms with Gasteiger partial charge >= 0.3 is 0 Å². The predicted molar refractivity (Wildman–Crippen MR) is 72.6 cm³/mol. The summed E-state index contributed by atoms with van der Waals surface area (Å²) < 4.78 is 6.58. The van der Waals surface area contributed by atoms with Crippen LogP contribution in [0.25, 0.3) is 0 Å². The van der Waals surface area contributed by atoms with E-state index in [0.717, 1.165) is 0 Å². The lowest BCUT2D eigenvalue weighted by atomic mass is 10.2. The molecule has 7 heteroatoms. The number of carbonyl (C=O) groups excluding carboxylic acids is 2. The van der Waals surface area contributed by atoms with Gasteiger partial charge in [0.25, 0.3) is 11.8 Å². The summed E-state index contributed by atoms with van der Waals surface area (Å²) in [5.41, 5.74) is 1.29. The van der Waals surface area contributed by atoms with Gasteiger partial charge in [-0.05, 0) is 19.1 Å². The van der Waals surface area contributed by atoms with Gasteiger partial charge in [0.15, 0.2) is 11.5 Å². The molecular weight excluding hydrogens is 260 g/mol. The number of nitrogens with zero attached hydrogens (tertiary/aromatic N) is 3. The quantitative estimate of drug-likeness (QED) is 0.915. The summed E-state index contributed by atoms with van der Waals surface area (Å²) in [6.45, 7) is 1.77. The van der Waals surface area contributed by atoms with E-state index >= 15 is 0 Å². The van der Waals surface area contributed by atoms with E-state index in [2.05, 4.69) is 10.4 Å². The van der Waals surface area contributed by atoms with Crippen molar-refractivity contribution in [3.63, 3.8) is 0 Å². The lowest BCUT2D eigenvalue weighted by Crippen LogP contribution is -2.24. The fourth-order valence-electron chi connectivity index (χ4n) is 1.70. The van der Waals surface area contributed by atoms with Gasteiger partial charge in [-0.25, -0.2) is 0 Å². The van der Waals surface area contributed by atoms with Crippen molar-refractivity contribution in [3.8, 4) is 0 Å². The molecule has 0 aromatic carbocycles. The van der Waals surface area contributed by atoms with Crippen LogP contribution in [0.15, 0.2) is 22.8 Å². The zero-order valence-corrected chi connectivity index (χ0v) is 11.8. The molecule has 2 rings (SSSR count). The Hall–Kier alpha value is -2.57. The fourth-order valence-corrected chi connectivity index (χ4v) is 1.70. The van der Waals surface area contributed by atoms with Crippen molar-refractivity contribution >= 4 is 17.5 Å². The number of hydrogen-bond donors (Lipinski definition) is 1. The third-order valence-electron chi connectivity index (χ3n) is 2.93. The summed E-state index contributed by atoms with van der Waals surface area (Å²) in [4.78, 5) is 25.5. The van der Waals surface area contributed by atoms with Gasteiger partial charge in [0.05, 0.1) is 17.6 Å². The average Bonchev–Trinajstić information content (AvgIpc) is 3.01. The number of anilines is 1. The van der Waals surface area contributed by atoms with Gasteiger partial charge in [0, 0.05) is 21.1 Å². The number of rotatable bonds is 3. The summed E-state index contributed by atoms with van der Waals surface area (Å²) in [5, 5.41) is 6.82. The molecule has 106 valence electrons. The van der Waals surface area contributed by atoms with Crippen LogP contribution in [0.1, 0.15) is 26.7 Å². The van der Waals surface area contributed by atoms with Gasteiger partial charge in [-0.15, -0.1) is 0 Å². The summed E-state index contributed by atoms with van der Waals surface area (Å²) in [5.74, 6) is -0.515. The minimum Gasteiger partial charge on any atom is -0.459 e. The van der Waals surface area contributed by atoms with Crippen LogP contribution in [-0.2, 0) is 7.05 Å². The smallest absolute Gasteiger partial charge is 0.291 e. The van der Waals surface area contributed by atoms with E-state index in [4.69, 9.17) is 4.42 Å². The molecular formula is C13H16N4O3. The molecule has 0 bridgehead atoms. The Kier molecular flexibility index (Phi) is 3.60. The Morgan fingerprint density at radius 3 is 2.65 bits per heavy atom. The molecule has 0 radical (unpaired) electrons. The normalized spacial score (nSPS) is 10.4. The molecule has 1 N–H and O–H groups in total. The first-order chi connectivity index (χ1) is 9.41. The molecule has 0 aliphatic heterocycles. The number of carbonyl (C=O) groups is 2. The number of aryl methyl sites for hydroxylation is 1. The minimum atomic E-state index is -0.418. The zero-order chi connectivity index (χ0) is 14.9. The van der Waals surface area contributed by atoms with Gasteiger partial charge in [-0.1, -0.05) is 0 Å². The average molecular weight is 276 g/mol. The lowest BCUT2D eigenvalue weighted by molar-refractivity contribution is 0.0822. The second kappa shape index (κ2) is 5.20. The summed E-state index contributed by atoms with van der Waals surface area (Å²) in [6, 6.07) is 3.17. The summed E-state index contributed by atoms with van der Waals surface area (Å²) in [7, 11) is 4.97. The van der Waals surface area contributed by atoms with Gasteiger partial charge in [-0.2, -0.15) is 5.10 Å². The molecule has 0 saturated heterocycles. The van der Waals surface area contributed by atoms with Crippen molar-refractivity contribution in [2.24, 2.45) is 7.05 Å². The first kappa shape index (κ1) is 13.9. The molecule has 2 aromatic rings. The first-order valence-electron chi connectivity index (χ1n) is 6.02. The highest BCUT2D eigenvalue weighted by Gasteiger charge is 2.23. The standard InChI is InChI=1S/C13H16N4O3/c1-8-10(14-12(18)9-6-5-7-20-9)11(15-17(8)4)13(19)16(2)3/h5-7H,1-4H3,(H,14,18). The van der Waals surface area contributed by atoms with Crippen molar-refractivity contribution in [2.75, 3.05) is 19.4 Å².